The van der Waals surface area contributed by atoms with Crippen LogP contribution in [-0.2, 0) is 0 Å². The number of hydrogen-bond acceptors (Lipinski definition) is 5. The first-order chi connectivity index (χ1) is 5.63. The number of thiazole rings is 1. The summed E-state index contributed by atoms with van der Waals surface area (Å²) in [5.74, 6) is 0. The molecule has 4 nitrogen and oxygen atoms in total. The number of aromatic nitrogens is 1. The molecule has 0 saturated heterocycles. The van der Waals surface area contributed by atoms with Crippen molar-refractivity contribution in [3.8, 4) is 6.07 Å². The van der Waals surface area contributed by atoms with Crippen molar-refractivity contribution in [1.82, 2.24) is 9.99 Å². The van der Waals surface area contributed by atoms with Gasteiger partial charge in [0, 0.05) is 14.1 Å². The first-order valence-corrected chi connectivity index (χ1v) is 4.33. The molecule has 1 heterocycles. The lowest BCUT2D eigenvalue weighted by Crippen LogP contribution is -2.19. The van der Waals surface area contributed by atoms with Gasteiger partial charge in [-0.2, -0.15) is 5.26 Å². The standard InChI is InChI=1S/C6H7ClN4S/c1-11(2)10-6-9-5(7)4(3-8)12-6/h1-2H3,(H,9,10). The highest BCUT2D eigenvalue weighted by molar-refractivity contribution is 7.16. The Balaban J connectivity index is 2.84. The average Bonchev–Trinajstić information content (AvgIpc) is 2.29. The van der Waals surface area contributed by atoms with Gasteiger partial charge in [0.25, 0.3) is 0 Å². The predicted octanol–water partition coefficient (Wildman–Crippen LogP) is 1.56. The second-order valence-electron chi connectivity index (χ2n) is 2.26. The Bertz CT molecular complexity index is 314. The normalized spacial score (nSPS) is 9.92. The van der Waals surface area contributed by atoms with Crippen LogP contribution in [0.25, 0.3) is 0 Å². The lowest BCUT2D eigenvalue weighted by Gasteiger charge is -2.08. The molecule has 0 aliphatic rings. The van der Waals surface area contributed by atoms with Gasteiger partial charge in [0.1, 0.15) is 10.9 Å². The maximum Gasteiger partial charge on any atom is 0.200 e. The van der Waals surface area contributed by atoms with E-state index in [1.807, 2.05) is 20.2 Å². The van der Waals surface area contributed by atoms with E-state index in [1.165, 1.54) is 11.3 Å². The van der Waals surface area contributed by atoms with Gasteiger partial charge in [-0.1, -0.05) is 22.9 Å². The number of anilines is 1. The maximum atomic E-state index is 8.56. The topological polar surface area (TPSA) is 52.0 Å². The highest BCUT2D eigenvalue weighted by atomic mass is 35.5. The van der Waals surface area contributed by atoms with Crippen LogP contribution in [0, 0.1) is 11.3 Å². The molecule has 0 aliphatic carbocycles. The smallest absolute Gasteiger partial charge is 0.200 e. The van der Waals surface area contributed by atoms with Crippen LogP contribution in [0.2, 0.25) is 5.15 Å². The van der Waals surface area contributed by atoms with Gasteiger partial charge in [-0.05, 0) is 0 Å². The number of nitriles is 1. The Labute approximate surface area is 79.4 Å². The third-order valence-electron chi connectivity index (χ3n) is 1.01. The molecule has 0 fully saturated rings. The summed E-state index contributed by atoms with van der Waals surface area (Å²) in [6, 6.07) is 1.95. The summed E-state index contributed by atoms with van der Waals surface area (Å²) >= 11 is 6.88. The van der Waals surface area contributed by atoms with Crippen molar-refractivity contribution in [2.75, 3.05) is 19.5 Å². The maximum absolute atomic E-state index is 8.56. The molecule has 0 aromatic carbocycles. The first-order valence-electron chi connectivity index (χ1n) is 3.14. The lowest BCUT2D eigenvalue weighted by molar-refractivity contribution is 0.495. The van der Waals surface area contributed by atoms with E-state index >= 15 is 0 Å². The minimum atomic E-state index is 0.256. The summed E-state index contributed by atoms with van der Waals surface area (Å²) in [5, 5.41) is 11.2. The fraction of sp³-hybridized carbons (Fsp3) is 0.333. The van der Waals surface area contributed by atoms with E-state index < -0.39 is 0 Å². The Morgan fingerprint density at radius 2 is 2.33 bits per heavy atom. The van der Waals surface area contributed by atoms with Crippen LogP contribution in [0.1, 0.15) is 4.88 Å². The van der Waals surface area contributed by atoms with E-state index in [1.54, 1.807) is 5.01 Å². The minimum Gasteiger partial charge on any atom is -0.295 e. The lowest BCUT2D eigenvalue weighted by atomic mass is 10.6. The quantitative estimate of drug-likeness (QED) is 0.740. The van der Waals surface area contributed by atoms with E-state index in [2.05, 4.69) is 10.4 Å². The van der Waals surface area contributed by atoms with Crippen LogP contribution in [-0.4, -0.2) is 24.1 Å². The Morgan fingerprint density at radius 3 is 2.75 bits per heavy atom. The third-order valence-corrected chi connectivity index (χ3v) is 2.26. The molecular weight excluding hydrogens is 196 g/mol. The van der Waals surface area contributed by atoms with Crippen LogP contribution in [0.5, 0.6) is 0 Å². The minimum absolute atomic E-state index is 0.256. The summed E-state index contributed by atoms with van der Waals surface area (Å²) in [6.07, 6.45) is 0. The zero-order chi connectivity index (χ0) is 9.14. The van der Waals surface area contributed by atoms with Crippen LogP contribution >= 0.6 is 22.9 Å². The molecule has 0 spiro atoms. The fourth-order valence-corrected chi connectivity index (χ4v) is 1.64. The van der Waals surface area contributed by atoms with Gasteiger partial charge in [0.05, 0.1) is 0 Å². The van der Waals surface area contributed by atoms with Crippen LogP contribution in [0.15, 0.2) is 0 Å². The van der Waals surface area contributed by atoms with Gasteiger partial charge in [-0.15, -0.1) is 0 Å². The summed E-state index contributed by atoms with van der Waals surface area (Å²) in [4.78, 5) is 4.36. The molecule has 0 radical (unpaired) electrons. The van der Waals surface area contributed by atoms with E-state index in [0.29, 0.717) is 10.0 Å². The van der Waals surface area contributed by atoms with Crippen molar-refractivity contribution in [2.24, 2.45) is 0 Å². The van der Waals surface area contributed by atoms with Crippen molar-refractivity contribution in [3.05, 3.63) is 10.0 Å². The van der Waals surface area contributed by atoms with Crippen molar-refractivity contribution >= 4 is 28.1 Å². The van der Waals surface area contributed by atoms with Crippen molar-refractivity contribution in [2.45, 2.75) is 0 Å². The number of rotatable bonds is 2. The Hall–Kier alpha value is -0.830. The third kappa shape index (κ3) is 2.08. The molecule has 0 unspecified atom stereocenters. The zero-order valence-electron chi connectivity index (χ0n) is 6.63. The van der Waals surface area contributed by atoms with Gasteiger partial charge in [0.2, 0.25) is 0 Å². The van der Waals surface area contributed by atoms with Gasteiger partial charge in [0.15, 0.2) is 10.3 Å². The molecule has 0 atom stereocenters. The first kappa shape index (κ1) is 9.26. The Kier molecular flexibility index (Phi) is 2.87. The van der Waals surface area contributed by atoms with E-state index in [-0.39, 0.29) is 5.15 Å². The summed E-state index contributed by atoms with van der Waals surface area (Å²) < 4.78 is 0. The Morgan fingerprint density at radius 1 is 1.67 bits per heavy atom. The SMILES string of the molecule is CN(C)Nc1nc(Cl)c(C#N)s1. The van der Waals surface area contributed by atoms with Gasteiger partial charge in [-0.3, -0.25) is 5.43 Å². The highest BCUT2D eigenvalue weighted by Crippen LogP contribution is 2.25. The average molecular weight is 203 g/mol. The van der Waals surface area contributed by atoms with Crippen LogP contribution < -0.4 is 5.43 Å². The molecule has 1 N–H and O–H groups in total. The van der Waals surface area contributed by atoms with E-state index in [9.17, 15) is 0 Å². The number of nitrogens with zero attached hydrogens (tertiary/aromatic N) is 3. The molecule has 64 valence electrons. The molecule has 1 rings (SSSR count). The molecule has 0 saturated carbocycles. The van der Waals surface area contributed by atoms with Crippen LogP contribution in [0.4, 0.5) is 5.13 Å². The molecule has 1 aromatic rings. The molecule has 6 heteroatoms. The van der Waals surface area contributed by atoms with E-state index in [0.717, 1.165) is 0 Å². The molecule has 0 bridgehead atoms. The molecule has 1 aromatic heterocycles. The molecular formula is C6H7ClN4S. The number of halogens is 1. The van der Waals surface area contributed by atoms with Gasteiger partial charge >= 0.3 is 0 Å². The van der Waals surface area contributed by atoms with Gasteiger partial charge < -0.3 is 0 Å². The number of hydrazine groups is 1. The van der Waals surface area contributed by atoms with Crippen molar-refractivity contribution in [1.29, 1.82) is 5.26 Å². The van der Waals surface area contributed by atoms with Crippen LogP contribution in [0.3, 0.4) is 0 Å². The largest absolute Gasteiger partial charge is 0.295 e. The summed E-state index contributed by atoms with van der Waals surface area (Å²) in [7, 11) is 3.67. The second-order valence-corrected chi connectivity index (χ2v) is 3.61. The van der Waals surface area contributed by atoms with Crippen molar-refractivity contribution in [3.63, 3.8) is 0 Å². The fourth-order valence-electron chi connectivity index (χ4n) is 0.610. The predicted molar refractivity (Wildman–Crippen MR) is 49.1 cm³/mol. The van der Waals surface area contributed by atoms with Gasteiger partial charge in [-0.25, -0.2) is 9.99 Å². The summed E-state index contributed by atoms with van der Waals surface area (Å²) in [5.41, 5.74) is 2.91. The number of hydrogen-bond donors (Lipinski definition) is 1. The molecule has 0 amide bonds. The highest BCUT2D eigenvalue weighted by Gasteiger charge is 2.07. The summed E-state index contributed by atoms with van der Waals surface area (Å²) in [6.45, 7) is 0. The molecule has 0 aliphatic heterocycles. The molecule has 12 heavy (non-hydrogen) atoms. The van der Waals surface area contributed by atoms with E-state index in [4.69, 9.17) is 16.9 Å². The zero-order valence-corrected chi connectivity index (χ0v) is 8.20. The number of nitrogens with one attached hydrogen (secondary N) is 1. The monoisotopic (exact) mass is 202 g/mol. The second kappa shape index (κ2) is 3.72. The van der Waals surface area contributed by atoms with Crippen molar-refractivity contribution < 1.29 is 0 Å².